The fourth-order valence-electron chi connectivity index (χ4n) is 10.6. The van der Waals surface area contributed by atoms with E-state index in [1.165, 1.54) is 10.7 Å². The summed E-state index contributed by atoms with van der Waals surface area (Å²) in [5, 5.41) is 16.6. The highest BCUT2D eigenvalue weighted by molar-refractivity contribution is 6.11. The standard InChI is InChI=1S/C48H49F2N9O6/c49-45(50)44-39(52-48(62)37-22-51-58-18-15-41(53-46(37)58)57-24-34-21-32(57)26-64-34)25-59(55-44)31-7-3-29(4-8-31)23-56-16-13-33(14-17-56)63-19-1-2-28-5-9-35-30(20-28)6-11-40-43(35)38(27-65-40)36-10-12-42(60)54-47(36)61/h5-6,9,11,15,18,20,22,25,27,29,31-34,36,45H,3-4,7-8,10,12-14,16-17,19,21,23-24,26H2,(H,52,62)(H,54,60,61)/t29?,31?,32-,34-,36?/m1/s1. The number of ether oxygens (including phenoxy) is 2. The van der Waals surface area contributed by atoms with E-state index in [1.807, 2.05) is 36.4 Å². The number of likely N-dealkylation sites (tertiary alicyclic amines) is 1. The molecular weight excluding hydrogens is 837 g/mol. The Morgan fingerprint density at radius 2 is 1.89 bits per heavy atom. The van der Waals surface area contributed by atoms with E-state index in [0.717, 1.165) is 104 Å². The van der Waals surface area contributed by atoms with Gasteiger partial charge in [0.1, 0.15) is 23.6 Å². The molecule has 4 aliphatic heterocycles. The molecule has 11 rings (SSSR count). The van der Waals surface area contributed by atoms with E-state index in [0.29, 0.717) is 43.2 Å². The van der Waals surface area contributed by atoms with Crippen molar-refractivity contribution < 1.29 is 37.1 Å². The van der Waals surface area contributed by atoms with Gasteiger partial charge >= 0.3 is 0 Å². The maximum Gasteiger partial charge on any atom is 0.284 e. The maximum atomic E-state index is 14.3. The number of nitrogens with one attached hydrogen (secondary N) is 2. The molecule has 1 saturated carbocycles. The zero-order valence-electron chi connectivity index (χ0n) is 35.8. The molecule has 2 N–H and O–H groups in total. The Balaban J connectivity index is 0.647. The molecular formula is C48H49F2N9O6. The Kier molecular flexibility index (Phi) is 11.0. The van der Waals surface area contributed by atoms with E-state index in [1.54, 1.807) is 23.3 Å². The van der Waals surface area contributed by atoms with Crippen LogP contribution < -0.4 is 15.5 Å². The van der Waals surface area contributed by atoms with E-state index < -0.39 is 23.9 Å². The normalized spacial score (nSPS) is 24.0. The minimum absolute atomic E-state index is 0.00116. The van der Waals surface area contributed by atoms with E-state index >= 15 is 0 Å². The minimum Gasteiger partial charge on any atom is -0.464 e. The van der Waals surface area contributed by atoms with Crippen molar-refractivity contribution in [3.63, 3.8) is 0 Å². The molecule has 5 fully saturated rings. The third-order valence-corrected chi connectivity index (χ3v) is 14.1. The first-order chi connectivity index (χ1) is 31.7. The SMILES string of the molecule is O=C1CCC(c2coc3ccc4cc(C#CCOC5CCN(CC6CCC(n7cc(NC(=O)c8cnn9ccc(N%10C[C@H]%11C[C@@H]%10CO%11)nc89)c(C(F)F)n7)CC6)CC5)ccc4c23)C(=O)N1. The Bertz CT molecular complexity index is 2860. The van der Waals surface area contributed by atoms with E-state index in [9.17, 15) is 23.2 Å². The molecule has 4 aromatic heterocycles. The highest BCUT2D eigenvalue weighted by Gasteiger charge is 2.40. The lowest BCUT2D eigenvalue weighted by atomic mass is 9.85. The molecule has 0 spiro atoms. The van der Waals surface area contributed by atoms with Gasteiger partial charge in [0.15, 0.2) is 11.3 Å². The molecule has 336 valence electrons. The number of amides is 3. The third kappa shape index (κ3) is 8.23. The zero-order valence-corrected chi connectivity index (χ0v) is 35.8. The van der Waals surface area contributed by atoms with E-state index in [2.05, 4.69) is 42.5 Å². The van der Waals surface area contributed by atoms with Crippen molar-refractivity contribution >= 4 is 56.6 Å². The van der Waals surface area contributed by atoms with Crippen LogP contribution in [-0.2, 0) is 19.1 Å². The molecule has 15 nitrogen and oxygen atoms in total. The lowest BCUT2D eigenvalue weighted by Crippen LogP contribution is -2.40. The summed E-state index contributed by atoms with van der Waals surface area (Å²) in [5.74, 6) is 6.16. The second-order valence-corrected chi connectivity index (χ2v) is 18.1. The first-order valence-corrected chi connectivity index (χ1v) is 22.7. The number of piperidine rings is 2. The number of nitrogens with zero attached hydrogens (tertiary/aromatic N) is 7. The highest BCUT2D eigenvalue weighted by Crippen LogP contribution is 2.39. The quantitative estimate of drug-likeness (QED) is 0.110. The highest BCUT2D eigenvalue weighted by atomic mass is 19.3. The van der Waals surface area contributed by atoms with Crippen LogP contribution in [0, 0.1) is 17.8 Å². The van der Waals surface area contributed by atoms with Crippen molar-refractivity contribution in [3.05, 3.63) is 83.6 Å². The van der Waals surface area contributed by atoms with Crippen molar-refractivity contribution in [3.8, 4) is 11.8 Å². The van der Waals surface area contributed by atoms with Crippen LogP contribution in [-0.4, -0.2) is 105 Å². The predicted octanol–water partition coefficient (Wildman–Crippen LogP) is 6.78. The van der Waals surface area contributed by atoms with Gasteiger partial charge in [-0.05, 0) is 92.3 Å². The van der Waals surface area contributed by atoms with Gasteiger partial charge in [-0.2, -0.15) is 10.2 Å². The second kappa shape index (κ2) is 17.3. The molecule has 65 heavy (non-hydrogen) atoms. The van der Waals surface area contributed by atoms with Gasteiger partial charge in [-0.25, -0.2) is 18.3 Å². The Hall–Kier alpha value is -6.22. The van der Waals surface area contributed by atoms with Gasteiger partial charge < -0.3 is 29.0 Å². The van der Waals surface area contributed by atoms with Crippen molar-refractivity contribution in [1.29, 1.82) is 0 Å². The number of rotatable bonds is 10. The van der Waals surface area contributed by atoms with Crippen LogP contribution in [0.1, 0.15) is 103 Å². The van der Waals surface area contributed by atoms with Crippen molar-refractivity contribution in [2.24, 2.45) is 5.92 Å². The molecule has 17 heteroatoms. The first-order valence-electron chi connectivity index (χ1n) is 22.7. The van der Waals surface area contributed by atoms with Gasteiger partial charge in [0.25, 0.3) is 12.3 Å². The summed E-state index contributed by atoms with van der Waals surface area (Å²) in [6, 6.07) is 12.0. The number of hydrogen-bond donors (Lipinski definition) is 2. The van der Waals surface area contributed by atoms with Crippen LogP contribution in [0.3, 0.4) is 0 Å². The first kappa shape index (κ1) is 41.5. The molecule has 4 saturated heterocycles. The smallest absolute Gasteiger partial charge is 0.284 e. The summed E-state index contributed by atoms with van der Waals surface area (Å²) < 4.78 is 49.5. The average Bonchev–Trinajstić information content (AvgIpc) is 4.18. The fraction of sp³-hybridized carbons (Fsp3) is 0.458. The number of furan rings is 1. The number of anilines is 2. The minimum atomic E-state index is -2.85. The molecule has 1 unspecified atom stereocenters. The largest absolute Gasteiger partial charge is 0.464 e. The number of hydrogen-bond acceptors (Lipinski definition) is 11. The van der Waals surface area contributed by atoms with Crippen molar-refractivity contribution in [1.82, 2.24) is 34.6 Å². The molecule has 2 bridgehead atoms. The van der Waals surface area contributed by atoms with E-state index in [4.69, 9.17) is 18.9 Å². The van der Waals surface area contributed by atoms with Gasteiger partial charge in [0, 0.05) is 61.5 Å². The van der Waals surface area contributed by atoms with Crippen LogP contribution in [0.2, 0.25) is 0 Å². The lowest BCUT2D eigenvalue weighted by molar-refractivity contribution is -0.134. The summed E-state index contributed by atoms with van der Waals surface area (Å²) in [5.41, 5.74) is 2.49. The van der Waals surface area contributed by atoms with Gasteiger partial charge in [0.05, 0.1) is 55.0 Å². The Morgan fingerprint density at radius 1 is 1.03 bits per heavy atom. The van der Waals surface area contributed by atoms with Gasteiger partial charge in [-0.15, -0.1) is 0 Å². The predicted molar refractivity (Wildman–Crippen MR) is 236 cm³/mol. The molecule has 3 amide bonds. The number of carbonyl (C=O) groups is 3. The molecule has 6 aromatic rings. The number of alkyl halides is 2. The Morgan fingerprint density at radius 3 is 2.68 bits per heavy atom. The van der Waals surface area contributed by atoms with Gasteiger partial charge in [0.2, 0.25) is 11.8 Å². The van der Waals surface area contributed by atoms with Crippen LogP contribution in [0.25, 0.3) is 27.4 Å². The number of morpholine rings is 1. The number of fused-ring (bicyclic) bond motifs is 6. The zero-order chi connectivity index (χ0) is 44.2. The van der Waals surface area contributed by atoms with Crippen LogP contribution >= 0.6 is 0 Å². The second-order valence-electron chi connectivity index (χ2n) is 18.1. The summed E-state index contributed by atoms with van der Waals surface area (Å²) in [6.07, 6.45) is 11.0. The van der Waals surface area contributed by atoms with E-state index in [-0.39, 0.29) is 47.4 Å². The molecule has 8 heterocycles. The number of aromatic nitrogens is 5. The Labute approximate surface area is 372 Å². The molecule has 2 aromatic carbocycles. The molecule has 0 radical (unpaired) electrons. The number of imide groups is 1. The molecule has 3 atom stereocenters. The van der Waals surface area contributed by atoms with Crippen molar-refractivity contribution in [2.45, 2.75) is 94.4 Å². The number of benzene rings is 2. The summed E-state index contributed by atoms with van der Waals surface area (Å²) in [7, 11) is 0. The lowest BCUT2D eigenvalue weighted by Gasteiger charge is -2.36. The van der Waals surface area contributed by atoms with Gasteiger partial charge in [-0.3, -0.25) is 24.4 Å². The summed E-state index contributed by atoms with van der Waals surface area (Å²) >= 11 is 0. The van der Waals surface area contributed by atoms with Crippen LogP contribution in [0.5, 0.6) is 0 Å². The fourth-order valence-corrected chi connectivity index (χ4v) is 10.6. The summed E-state index contributed by atoms with van der Waals surface area (Å²) in [6.45, 7) is 4.62. The number of halogens is 2. The summed E-state index contributed by atoms with van der Waals surface area (Å²) in [4.78, 5) is 47.3. The van der Waals surface area contributed by atoms with Crippen LogP contribution in [0.15, 0.2) is 65.7 Å². The van der Waals surface area contributed by atoms with Gasteiger partial charge in [-0.1, -0.05) is 24.0 Å². The van der Waals surface area contributed by atoms with Crippen molar-refractivity contribution in [2.75, 3.05) is 49.6 Å². The molecule has 5 aliphatic rings. The topological polar surface area (TPSA) is 161 Å². The monoisotopic (exact) mass is 885 g/mol. The number of carbonyl (C=O) groups excluding carboxylic acids is 3. The average molecular weight is 886 g/mol. The maximum absolute atomic E-state index is 14.3. The van der Waals surface area contributed by atoms with Crippen LogP contribution in [0.4, 0.5) is 20.3 Å². The third-order valence-electron chi connectivity index (χ3n) is 14.1. The molecule has 1 aliphatic carbocycles.